The van der Waals surface area contributed by atoms with Gasteiger partial charge in [0.1, 0.15) is 0 Å². The first-order valence-corrected chi connectivity index (χ1v) is 6.86. The first-order valence-electron chi connectivity index (χ1n) is 6.04. The zero-order chi connectivity index (χ0) is 13.2. The molecule has 0 radical (unpaired) electrons. The molecule has 1 atom stereocenters. The van der Waals surface area contributed by atoms with Gasteiger partial charge in [-0.2, -0.15) is 10.2 Å². The minimum atomic E-state index is -0.217. The first-order chi connectivity index (χ1) is 9.22. The van der Waals surface area contributed by atoms with Gasteiger partial charge in [-0.25, -0.2) is 4.98 Å². The van der Waals surface area contributed by atoms with Gasteiger partial charge in [-0.15, -0.1) is 23.7 Å². The van der Waals surface area contributed by atoms with Crippen LogP contribution in [0.3, 0.4) is 0 Å². The molecule has 3 rings (SSSR count). The van der Waals surface area contributed by atoms with E-state index in [2.05, 4.69) is 20.5 Å². The lowest BCUT2D eigenvalue weighted by molar-refractivity contribution is 0.102. The largest absolute Gasteiger partial charge is 0.327 e. The van der Waals surface area contributed by atoms with E-state index in [0.29, 0.717) is 10.7 Å². The number of nitrogens with one attached hydrogen (secondary N) is 1. The van der Waals surface area contributed by atoms with Crippen LogP contribution >= 0.6 is 23.7 Å². The summed E-state index contributed by atoms with van der Waals surface area (Å²) in [6.07, 6.45) is 5.61. The maximum atomic E-state index is 12.0. The third kappa shape index (κ3) is 3.12. The molecule has 0 bridgehead atoms. The van der Waals surface area contributed by atoms with Crippen molar-refractivity contribution < 1.29 is 4.79 Å². The van der Waals surface area contributed by atoms with E-state index in [4.69, 9.17) is 5.73 Å². The SMILES string of the molecule is Cl.N[C@H]1CCc2nc(NC(=O)c3ccnnc3)sc2C1. The summed E-state index contributed by atoms with van der Waals surface area (Å²) in [6, 6.07) is 1.83. The van der Waals surface area contributed by atoms with Crippen molar-refractivity contribution in [3.8, 4) is 0 Å². The standard InChI is InChI=1S/C12H13N5OS.ClH/c13-8-1-2-9-10(5-8)19-12(16-9)17-11(18)7-3-4-14-15-6-7;/h3-4,6,8H,1-2,5,13H2,(H,16,17,18);1H/t8-;/m0./s1. The molecule has 2 heterocycles. The van der Waals surface area contributed by atoms with Crippen molar-refractivity contribution in [3.05, 3.63) is 34.6 Å². The Balaban J connectivity index is 0.00000147. The average molecular weight is 312 g/mol. The number of halogens is 1. The summed E-state index contributed by atoms with van der Waals surface area (Å²) in [7, 11) is 0. The number of aryl methyl sites for hydroxylation is 1. The third-order valence-corrected chi connectivity index (χ3v) is 4.08. The van der Waals surface area contributed by atoms with E-state index in [1.54, 1.807) is 6.07 Å². The van der Waals surface area contributed by atoms with Gasteiger partial charge in [0.05, 0.1) is 23.7 Å². The molecule has 0 saturated heterocycles. The van der Waals surface area contributed by atoms with Gasteiger partial charge < -0.3 is 5.73 Å². The van der Waals surface area contributed by atoms with Crippen molar-refractivity contribution in [2.45, 2.75) is 25.3 Å². The Morgan fingerprint density at radius 1 is 1.45 bits per heavy atom. The average Bonchev–Trinajstić information content (AvgIpc) is 2.81. The van der Waals surface area contributed by atoms with Crippen LogP contribution in [0.1, 0.15) is 27.3 Å². The molecule has 1 amide bonds. The molecule has 3 N–H and O–H groups in total. The van der Waals surface area contributed by atoms with E-state index in [1.165, 1.54) is 28.6 Å². The Kier molecular flexibility index (Phi) is 4.64. The van der Waals surface area contributed by atoms with E-state index in [0.717, 1.165) is 25.0 Å². The number of aromatic nitrogens is 3. The van der Waals surface area contributed by atoms with E-state index >= 15 is 0 Å². The van der Waals surface area contributed by atoms with Crippen molar-refractivity contribution in [1.82, 2.24) is 15.2 Å². The van der Waals surface area contributed by atoms with Crippen molar-refractivity contribution >= 4 is 34.8 Å². The molecule has 20 heavy (non-hydrogen) atoms. The molecule has 1 aliphatic carbocycles. The number of thiazole rings is 1. The van der Waals surface area contributed by atoms with Crippen molar-refractivity contribution in [3.63, 3.8) is 0 Å². The molecule has 2 aromatic heterocycles. The molecular weight excluding hydrogens is 298 g/mol. The summed E-state index contributed by atoms with van der Waals surface area (Å²) in [5, 5.41) is 10.7. The highest BCUT2D eigenvalue weighted by atomic mass is 35.5. The fourth-order valence-corrected chi connectivity index (χ4v) is 3.14. The molecule has 2 aromatic rings. The highest BCUT2D eigenvalue weighted by molar-refractivity contribution is 7.15. The number of amides is 1. The number of carbonyl (C=O) groups is 1. The molecule has 0 saturated carbocycles. The predicted molar refractivity (Wildman–Crippen MR) is 79.3 cm³/mol. The van der Waals surface area contributed by atoms with Crippen molar-refractivity contribution in [1.29, 1.82) is 0 Å². The zero-order valence-corrected chi connectivity index (χ0v) is 12.2. The molecular formula is C12H14ClN5OS. The number of hydrogen-bond acceptors (Lipinski definition) is 6. The maximum absolute atomic E-state index is 12.0. The van der Waals surface area contributed by atoms with Crippen LogP contribution in [0.2, 0.25) is 0 Å². The van der Waals surface area contributed by atoms with Gasteiger partial charge >= 0.3 is 0 Å². The molecule has 0 unspecified atom stereocenters. The third-order valence-electron chi connectivity index (χ3n) is 3.04. The fourth-order valence-electron chi connectivity index (χ4n) is 2.05. The second-order valence-electron chi connectivity index (χ2n) is 4.48. The molecule has 106 valence electrons. The summed E-state index contributed by atoms with van der Waals surface area (Å²) in [6.45, 7) is 0. The minimum Gasteiger partial charge on any atom is -0.327 e. The molecule has 0 spiro atoms. The topological polar surface area (TPSA) is 93.8 Å². The number of nitrogens with two attached hydrogens (primary N) is 1. The number of rotatable bonds is 2. The van der Waals surface area contributed by atoms with E-state index in [9.17, 15) is 4.79 Å². The van der Waals surface area contributed by atoms with E-state index in [1.807, 2.05) is 0 Å². The van der Waals surface area contributed by atoms with Crippen LogP contribution in [0.25, 0.3) is 0 Å². The van der Waals surface area contributed by atoms with Crippen LogP contribution in [-0.2, 0) is 12.8 Å². The summed E-state index contributed by atoms with van der Waals surface area (Å²) < 4.78 is 0. The van der Waals surface area contributed by atoms with Crippen LogP contribution in [0.5, 0.6) is 0 Å². The van der Waals surface area contributed by atoms with Gasteiger partial charge in [-0.1, -0.05) is 0 Å². The number of nitrogens with zero attached hydrogens (tertiary/aromatic N) is 3. The van der Waals surface area contributed by atoms with Gasteiger partial charge in [-0.3, -0.25) is 10.1 Å². The second-order valence-corrected chi connectivity index (χ2v) is 5.56. The predicted octanol–water partition coefficient (Wildman–Crippen LogP) is 1.42. The van der Waals surface area contributed by atoms with Crippen molar-refractivity contribution in [2.24, 2.45) is 5.73 Å². The van der Waals surface area contributed by atoms with Gasteiger partial charge in [0, 0.05) is 10.9 Å². The molecule has 0 aromatic carbocycles. The van der Waals surface area contributed by atoms with Crippen LogP contribution in [0.4, 0.5) is 5.13 Å². The van der Waals surface area contributed by atoms with Gasteiger partial charge in [-0.05, 0) is 25.3 Å². The molecule has 0 fully saturated rings. The maximum Gasteiger partial charge on any atom is 0.259 e. The van der Waals surface area contributed by atoms with E-state index in [-0.39, 0.29) is 24.4 Å². The Morgan fingerprint density at radius 2 is 2.30 bits per heavy atom. The normalized spacial score (nSPS) is 16.9. The Morgan fingerprint density at radius 3 is 3.05 bits per heavy atom. The fraction of sp³-hybridized carbons (Fsp3) is 0.333. The number of anilines is 1. The van der Waals surface area contributed by atoms with E-state index < -0.39 is 0 Å². The van der Waals surface area contributed by atoms with Gasteiger partial charge in [0.15, 0.2) is 5.13 Å². The minimum absolute atomic E-state index is 0. The summed E-state index contributed by atoms with van der Waals surface area (Å²) in [4.78, 5) is 17.6. The number of carbonyl (C=O) groups excluding carboxylic acids is 1. The molecule has 8 heteroatoms. The summed E-state index contributed by atoms with van der Waals surface area (Å²) in [5.41, 5.74) is 7.46. The smallest absolute Gasteiger partial charge is 0.259 e. The number of hydrogen-bond donors (Lipinski definition) is 2. The lowest BCUT2D eigenvalue weighted by Gasteiger charge is -2.15. The Labute approximate surface area is 126 Å². The highest BCUT2D eigenvalue weighted by Gasteiger charge is 2.20. The van der Waals surface area contributed by atoms with Crippen LogP contribution in [0, 0.1) is 0 Å². The van der Waals surface area contributed by atoms with Gasteiger partial charge in [0.2, 0.25) is 0 Å². The van der Waals surface area contributed by atoms with Crippen LogP contribution < -0.4 is 11.1 Å². The summed E-state index contributed by atoms with van der Waals surface area (Å²) >= 11 is 1.50. The quantitative estimate of drug-likeness (QED) is 0.875. The first kappa shape index (κ1) is 14.8. The monoisotopic (exact) mass is 311 g/mol. The molecule has 1 aliphatic rings. The lowest BCUT2D eigenvalue weighted by Crippen LogP contribution is -2.27. The Bertz CT molecular complexity index is 603. The summed E-state index contributed by atoms with van der Waals surface area (Å²) in [5.74, 6) is -0.217. The number of fused-ring (bicyclic) bond motifs is 1. The second kappa shape index (κ2) is 6.25. The van der Waals surface area contributed by atoms with Crippen LogP contribution in [-0.4, -0.2) is 27.1 Å². The van der Waals surface area contributed by atoms with Crippen molar-refractivity contribution in [2.75, 3.05) is 5.32 Å². The van der Waals surface area contributed by atoms with Crippen LogP contribution in [0.15, 0.2) is 18.5 Å². The zero-order valence-electron chi connectivity index (χ0n) is 10.6. The highest BCUT2D eigenvalue weighted by Crippen LogP contribution is 2.29. The molecule has 6 nitrogen and oxygen atoms in total. The lowest BCUT2D eigenvalue weighted by atomic mass is 9.99. The van der Waals surface area contributed by atoms with Gasteiger partial charge in [0.25, 0.3) is 5.91 Å². The Hall–Kier alpha value is -1.57. The molecule has 0 aliphatic heterocycles.